The third-order valence-electron chi connectivity index (χ3n) is 5.78. The van der Waals surface area contributed by atoms with Crippen LogP contribution in [0.25, 0.3) is 11.2 Å². The molecule has 2 aromatic heterocycles. The Morgan fingerprint density at radius 3 is 2.58 bits per heavy atom. The molecule has 0 unspecified atom stereocenters. The van der Waals surface area contributed by atoms with Crippen LogP contribution in [-0.4, -0.2) is 78.4 Å². The summed E-state index contributed by atoms with van der Waals surface area (Å²) in [6, 6.07) is 5.25. The molecule has 1 fully saturated rings. The van der Waals surface area contributed by atoms with Crippen molar-refractivity contribution in [2.75, 3.05) is 35.7 Å². The zero-order chi connectivity index (χ0) is 27.4. The summed E-state index contributed by atoms with van der Waals surface area (Å²) in [7, 11) is 1.82. The number of carbonyl (C=O) groups is 4. The van der Waals surface area contributed by atoms with Crippen LogP contribution in [0.5, 0.6) is 0 Å². The molecule has 4 rings (SSSR count). The maximum Gasteiger partial charge on any atom is 0.326 e. The highest BCUT2D eigenvalue weighted by Crippen LogP contribution is 2.20. The Bertz CT molecular complexity index is 1400. The second-order valence-corrected chi connectivity index (χ2v) is 9.51. The van der Waals surface area contributed by atoms with Gasteiger partial charge in [-0.1, -0.05) is 11.8 Å². The first kappa shape index (κ1) is 26.5. The maximum absolute atomic E-state index is 12.7. The molecule has 15 heteroatoms. The number of nitrogens with one attached hydrogen (secondary N) is 1. The zero-order valence-corrected chi connectivity index (χ0v) is 21.1. The van der Waals surface area contributed by atoms with Crippen LogP contribution in [0.15, 0.2) is 30.5 Å². The van der Waals surface area contributed by atoms with Crippen molar-refractivity contribution in [3.05, 3.63) is 41.7 Å². The third-order valence-corrected chi connectivity index (χ3v) is 6.64. The number of carboxylic acids is 1. The van der Waals surface area contributed by atoms with Gasteiger partial charge in [0, 0.05) is 37.0 Å². The number of carbonyl (C=O) groups excluding carboxylic acids is 3. The van der Waals surface area contributed by atoms with Crippen LogP contribution in [0.1, 0.15) is 28.9 Å². The summed E-state index contributed by atoms with van der Waals surface area (Å²) in [5, 5.41) is 11.6. The van der Waals surface area contributed by atoms with Crippen LogP contribution in [0.4, 0.5) is 22.2 Å². The minimum absolute atomic E-state index is 0.0132. The van der Waals surface area contributed by atoms with Crippen LogP contribution in [-0.2, 0) is 16.1 Å². The molecular formula is C23H25N9O5S. The molecule has 0 spiro atoms. The number of amides is 3. The van der Waals surface area contributed by atoms with Gasteiger partial charge in [0.05, 0.1) is 18.4 Å². The summed E-state index contributed by atoms with van der Waals surface area (Å²) in [5.41, 5.74) is 13.7. The van der Waals surface area contributed by atoms with Crippen molar-refractivity contribution in [3.8, 4) is 0 Å². The van der Waals surface area contributed by atoms with Crippen LogP contribution in [0.3, 0.4) is 0 Å². The fraction of sp³-hybridized carbons (Fsp3) is 0.304. The van der Waals surface area contributed by atoms with Gasteiger partial charge >= 0.3 is 5.97 Å². The van der Waals surface area contributed by atoms with Gasteiger partial charge < -0.3 is 26.8 Å². The number of thioether (sulfide) groups is 1. The van der Waals surface area contributed by atoms with Gasteiger partial charge in [0.25, 0.3) is 11.1 Å². The molecule has 0 radical (unpaired) electrons. The molecule has 3 amide bonds. The topological polar surface area (TPSA) is 211 Å². The van der Waals surface area contributed by atoms with Gasteiger partial charge in [-0.05, 0) is 30.7 Å². The van der Waals surface area contributed by atoms with Gasteiger partial charge in [-0.15, -0.1) is 0 Å². The van der Waals surface area contributed by atoms with E-state index in [9.17, 15) is 24.3 Å². The molecule has 6 N–H and O–H groups in total. The number of hydrogen-bond acceptors (Lipinski definition) is 12. The molecular weight excluding hydrogens is 514 g/mol. The molecule has 1 aliphatic heterocycles. The molecule has 1 atom stereocenters. The molecule has 198 valence electrons. The number of carboxylic acid groups (broad SMARTS) is 1. The van der Waals surface area contributed by atoms with E-state index >= 15 is 0 Å². The number of hydrogen-bond donors (Lipinski definition) is 4. The minimum atomic E-state index is -1.28. The van der Waals surface area contributed by atoms with E-state index < -0.39 is 23.8 Å². The Morgan fingerprint density at radius 1 is 1.18 bits per heavy atom. The highest BCUT2D eigenvalue weighted by molar-refractivity contribution is 8.13. The Hall–Kier alpha value is -4.53. The van der Waals surface area contributed by atoms with Gasteiger partial charge in [0.1, 0.15) is 6.04 Å². The number of nitrogen functional groups attached to an aromatic ring is 2. The van der Waals surface area contributed by atoms with E-state index in [-0.39, 0.29) is 35.4 Å². The Kier molecular flexibility index (Phi) is 7.85. The first-order valence-electron chi connectivity index (χ1n) is 11.5. The van der Waals surface area contributed by atoms with E-state index in [2.05, 4.69) is 25.3 Å². The first-order chi connectivity index (χ1) is 18.1. The van der Waals surface area contributed by atoms with Crippen molar-refractivity contribution < 1.29 is 24.3 Å². The number of nitrogens with two attached hydrogens (primary N) is 2. The molecule has 1 saturated heterocycles. The SMILES string of the molecule is CN(Cc1cnc2nc(N)nc(N)c2n1)c1ccc(C(=O)N[C@@H](CCC(=O)N2CCSC2=O)C(=O)O)cc1. The molecule has 1 aliphatic rings. The van der Waals surface area contributed by atoms with E-state index in [0.717, 1.165) is 22.3 Å². The second-order valence-electron chi connectivity index (χ2n) is 8.47. The van der Waals surface area contributed by atoms with Crippen LogP contribution >= 0.6 is 11.8 Å². The van der Waals surface area contributed by atoms with Gasteiger partial charge in [-0.2, -0.15) is 9.97 Å². The smallest absolute Gasteiger partial charge is 0.326 e. The van der Waals surface area contributed by atoms with Crippen LogP contribution in [0, 0.1) is 0 Å². The van der Waals surface area contributed by atoms with Gasteiger partial charge in [0.15, 0.2) is 17.0 Å². The van der Waals surface area contributed by atoms with E-state index in [1.165, 1.54) is 0 Å². The lowest BCUT2D eigenvalue weighted by atomic mass is 10.1. The van der Waals surface area contributed by atoms with Crippen molar-refractivity contribution in [3.63, 3.8) is 0 Å². The molecule has 14 nitrogen and oxygen atoms in total. The molecule has 0 aliphatic carbocycles. The number of aromatic nitrogens is 4. The number of fused-ring (bicyclic) bond motifs is 1. The number of nitrogens with zero attached hydrogens (tertiary/aromatic N) is 6. The van der Waals surface area contributed by atoms with Crippen molar-refractivity contribution in [1.82, 2.24) is 30.2 Å². The molecule has 3 heterocycles. The molecule has 0 saturated carbocycles. The molecule has 38 heavy (non-hydrogen) atoms. The highest BCUT2D eigenvalue weighted by atomic mass is 32.2. The van der Waals surface area contributed by atoms with Crippen LogP contribution in [0.2, 0.25) is 0 Å². The summed E-state index contributed by atoms with van der Waals surface area (Å²) in [4.78, 5) is 67.8. The Balaban J connectivity index is 1.36. The van der Waals surface area contributed by atoms with E-state index in [1.807, 2.05) is 11.9 Å². The Labute approximate surface area is 220 Å². The van der Waals surface area contributed by atoms with E-state index in [0.29, 0.717) is 35.7 Å². The lowest BCUT2D eigenvalue weighted by molar-refractivity contribution is -0.139. The summed E-state index contributed by atoms with van der Waals surface area (Å²) in [6.07, 6.45) is 1.25. The van der Waals surface area contributed by atoms with Crippen molar-refractivity contribution >= 4 is 63.4 Å². The summed E-state index contributed by atoms with van der Waals surface area (Å²) in [5.74, 6) is -1.66. The minimum Gasteiger partial charge on any atom is -0.480 e. The number of aliphatic carboxylic acids is 1. The van der Waals surface area contributed by atoms with Gasteiger partial charge in [-0.25, -0.2) is 14.8 Å². The third kappa shape index (κ3) is 6.05. The molecule has 3 aromatic rings. The number of benzene rings is 1. The largest absolute Gasteiger partial charge is 0.480 e. The van der Waals surface area contributed by atoms with Gasteiger partial charge in [0.2, 0.25) is 11.9 Å². The lowest BCUT2D eigenvalue weighted by Crippen LogP contribution is -2.42. The average Bonchev–Trinajstić information content (AvgIpc) is 3.32. The maximum atomic E-state index is 12.7. The first-order valence-corrected chi connectivity index (χ1v) is 12.5. The molecule has 0 bridgehead atoms. The molecule has 1 aromatic carbocycles. The van der Waals surface area contributed by atoms with Gasteiger partial charge in [-0.3, -0.25) is 19.3 Å². The quantitative estimate of drug-likeness (QED) is 0.298. The second kappa shape index (κ2) is 11.2. The fourth-order valence-electron chi connectivity index (χ4n) is 3.78. The summed E-state index contributed by atoms with van der Waals surface area (Å²) < 4.78 is 0. The lowest BCUT2D eigenvalue weighted by Gasteiger charge is -2.20. The summed E-state index contributed by atoms with van der Waals surface area (Å²) in [6.45, 7) is 0.670. The van der Waals surface area contributed by atoms with Crippen molar-refractivity contribution in [1.29, 1.82) is 0 Å². The van der Waals surface area contributed by atoms with Crippen molar-refractivity contribution in [2.24, 2.45) is 0 Å². The predicted molar refractivity (Wildman–Crippen MR) is 140 cm³/mol. The zero-order valence-electron chi connectivity index (χ0n) is 20.3. The van der Waals surface area contributed by atoms with E-state index in [4.69, 9.17) is 11.5 Å². The standard InChI is InChI=1S/C23H25N9O5S/c1-31(11-13-10-26-19-17(27-13)18(24)29-22(25)30-19)14-4-2-12(3-5-14)20(34)28-15(21(35)36)6-7-16(33)32-8-9-38-23(32)37/h2-5,10,15H,6-9,11H2,1H3,(H,28,34)(H,35,36)(H4,24,25,26,29,30)/t15-/m0/s1. The predicted octanol–water partition coefficient (Wildman–Crippen LogP) is 0.879. The normalized spacial score (nSPS) is 13.9. The van der Waals surface area contributed by atoms with Crippen molar-refractivity contribution in [2.45, 2.75) is 25.4 Å². The monoisotopic (exact) mass is 539 g/mol. The number of imide groups is 1. The Morgan fingerprint density at radius 2 is 1.92 bits per heavy atom. The van der Waals surface area contributed by atoms with Crippen LogP contribution < -0.4 is 21.7 Å². The average molecular weight is 540 g/mol. The number of anilines is 3. The van der Waals surface area contributed by atoms with E-state index in [1.54, 1.807) is 30.5 Å². The summed E-state index contributed by atoms with van der Waals surface area (Å²) >= 11 is 1.04. The fourth-order valence-corrected chi connectivity index (χ4v) is 4.58. The number of rotatable bonds is 9. The highest BCUT2D eigenvalue weighted by Gasteiger charge is 2.29.